The summed E-state index contributed by atoms with van der Waals surface area (Å²) < 4.78 is 7.08. The van der Waals surface area contributed by atoms with Gasteiger partial charge in [-0.25, -0.2) is 19.6 Å². The lowest BCUT2D eigenvalue weighted by Crippen LogP contribution is -2.41. The number of unbranched alkanes of at least 4 members (excludes halogenated alkanes) is 1. The van der Waals surface area contributed by atoms with E-state index in [2.05, 4.69) is 37.0 Å². The fraction of sp³-hybridized carbons (Fsp3) is 0.282. The molecule has 270 valence electrons. The Bertz CT molecular complexity index is 2390. The standard InChI is InChI=1S/C39H38ClN9O4/c40-30-9-4-8-27(29(30)23-49-38-35(37(41)43-24-44-38)36(47-49)26-12-14-28(50)15-13-26)22-32-45-31-10-5-7-25(34(31)39(52)46-32)6-2-1-3-11-33(51)42-16-17-48-18-20-53-21-19-48/h4-5,7-10,12-15,24,50H,1,3,11,16-23H2,(H,42,51)(H2,41,43,44)(H,45,46,52). The molecule has 5 N–H and O–H groups in total. The highest BCUT2D eigenvalue weighted by atomic mass is 35.5. The average molecular weight is 732 g/mol. The first-order chi connectivity index (χ1) is 25.8. The molecule has 53 heavy (non-hydrogen) atoms. The predicted molar refractivity (Wildman–Crippen MR) is 204 cm³/mol. The van der Waals surface area contributed by atoms with Crippen molar-refractivity contribution in [3.05, 3.63) is 105 Å². The van der Waals surface area contributed by atoms with Gasteiger partial charge in [0, 0.05) is 61.6 Å². The summed E-state index contributed by atoms with van der Waals surface area (Å²) in [5.74, 6) is 7.14. The van der Waals surface area contributed by atoms with E-state index in [1.807, 2.05) is 18.2 Å². The van der Waals surface area contributed by atoms with E-state index in [0.29, 0.717) is 76.3 Å². The van der Waals surface area contributed by atoms with Crippen LogP contribution in [0, 0.1) is 11.8 Å². The number of nitrogens with two attached hydrogens (primary N) is 1. The van der Waals surface area contributed by atoms with Crippen LogP contribution in [-0.4, -0.2) is 85.0 Å². The van der Waals surface area contributed by atoms with Crippen LogP contribution in [0.2, 0.25) is 5.02 Å². The molecule has 0 atom stereocenters. The lowest BCUT2D eigenvalue weighted by atomic mass is 10.0. The number of carbonyl (C=O) groups excluding carboxylic acids is 1. The highest BCUT2D eigenvalue weighted by Crippen LogP contribution is 2.32. The molecule has 0 aliphatic carbocycles. The number of H-pyrrole nitrogens is 1. The third kappa shape index (κ3) is 8.31. The number of halogens is 1. The number of phenols is 1. The van der Waals surface area contributed by atoms with Crippen molar-refractivity contribution in [1.29, 1.82) is 0 Å². The van der Waals surface area contributed by atoms with E-state index < -0.39 is 0 Å². The second-order valence-corrected chi connectivity index (χ2v) is 13.1. The van der Waals surface area contributed by atoms with Crippen LogP contribution in [0.25, 0.3) is 33.2 Å². The molecular weight excluding hydrogens is 694 g/mol. The highest BCUT2D eigenvalue weighted by molar-refractivity contribution is 6.31. The Balaban J connectivity index is 1.06. The quantitative estimate of drug-likeness (QED) is 0.111. The maximum Gasteiger partial charge on any atom is 0.260 e. The molecule has 0 radical (unpaired) electrons. The second-order valence-electron chi connectivity index (χ2n) is 12.7. The number of amides is 1. The number of rotatable bonds is 11. The van der Waals surface area contributed by atoms with Crippen LogP contribution < -0.4 is 16.6 Å². The molecule has 3 aromatic heterocycles. The fourth-order valence-electron chi connectivity index (χ4n) is 6.43. The lowest BCUT2D eigenvalue weighted by Gasteiger charge is -2.26. The average Bonchev–Trinajstić information content (AvgIpc) is 3.53. The zero-order valence-corrected chi connectivity index (χ0v) is 29.7. The van der Waals surface area contributed by atoms with Gasteiger partial charge in [0.1, 0.15) is 29.4 Å². The van der Waals surface area contributed by atoms with Crippen LogP contribution in [0.15, 0.2) is 71.8 Å². The Morgan fingerprint density at radius 2 is 1.87 bits per heavy atom. The zero-order chi connectivity index (χ0) is 36.7. The summed E-state index contributed by atoms with van der Waals surface area (Å²) in [7, 11) is 0. The van der Waals surface area contributed by atoms with Crippen LogP contribution >= 0.6 is 11.6 Å². The first kappa shape index (κ1) is 35.6. The van der Waals surface area contributed by atoms with Crippen molar-refractivity contribution in [1.82, 2.24) is 39.9 Å². The summed E-state index contributed by atoms with van der Waals surface area (Å²) in [6.45, 7) is 4.96. The van der Waals surface area contributed by atoms with Crippen LogP contribution in [-0.2, 0) is 22.5 Å². The molecule has 0 unspecified atom stereocenters. The number of hydrogen-bond donors (Lipinski definition) is 4. The van der Waals surface area contributed by atoms with Crippen molar-refractivity contribution in [3.8, 4) is 28.8 Å². The smallest absolute Gasteiger partial charge is 0.260 e. The molecule has 1 fully saturated rings. The molecule has 4 heterocycles. The molecule has 0 bridgehead atoms. The lowest BCUT2D eigenvalue weighted by molar-refractivity contribution is -0.121. The van der Waals surface area contributed by atoms with Gasteiger partial charge in [0.15, 0.2) is 5.65 Å². The monoisotopic (exact) mass is 731 g/mol. The van der Waals surface area contributed by atoms with Crippen molar-refractivity contribution in [2.24, 2.45) is 0 Å². The largest absolute Gasteiger partial charge is 0.508 e. The normalized spacial score (nSPS) is 13.2. The number of aromatic amines is 1. The SMILES string of the molecule is Nc1ncnc2c1c(-c1ccc(O)cc1)nn2Cc1c(Cl)cccc1Cc1nc2cccc(C#CCCCC(=O)NCCN3CCOCC3)c2c(=O)[nH]1. The Kier molecular flexibility index (Phi) is 10.9. The number of fused-ring (bicyclic) bond motifs is 2. The van der Waals surface area contributed by atoms with Gasteiger partial charge in [-0.2, -0.15) is 5.10 Å². The number of carbonyl (C=O) groups is 1. The third-order valence-corrected chi connectivity index (χ3v) is 9.50. The summed E-state index contributed by atoms with van der Waals surface area (Å²) in [6.07, 6.45) is 3.22. The van der Waals surface area contributed by atoms with Gasteiger partial charge >= 0.3 is 0 Å². The topological polar surface area (TPSA) is 177 Å². The van der Waals surface area contributed by atoms with Crippen molar-refractivity contribution in [3.63, 3.8) is 0 Å². The van der Waals surface area contributed by atoms with E-state index in [9.17, 15) is 14.7 Å². The Morgan fingerprint density at radius 3 is 2.70 bits per heavy atom. The number of nitrogens with one attached hydrogen (secondary N) is 2. The van der Waals surface area contributed by atoms with Crippen LogP contribution in [0.3, 0.4) is 0 Å². The highest BCUT2D eigenvalue weighted by Gasteiger charge is 2.20. The Hall–Kier alpha value is -5.81. The molecule has 1 amide bonds. The number of nitrogen functional groups attached to an aromatic ring is 1. The van der Waals surface area contributed by atoms with Gasteiger partial charge in [-0.1, -0.05) is 41.6 Å². The molecule has 0 spiro atoms. The second kappa shape index (κ2) is 16.2. The fourth-order valence-corrected chi connectivity index (χ4v) is 6.68. The summed E-state index contributed by atoms with van der Waals surface area (Å²) in [6, 6.07) is 17.7. The van der Waals surface area contributed by atoms with Gasteiger partial charge in [0.05, 0.1) is 36.0 Å². The van der Waals surface area contributed by atoms with Crippen molar-refractivity contribution in [2.75, 3.05) is 45.1 Å². The number of aromatic nitrogens is 6. The first-order valence-electron chi connectivity index (χ1n) is 17.4. The molecule has 1 aliphatic heterocycles. The third-order valence-electron chi connectivity index (χ3n) is 9.15. The van der Waals surface area contributed by atoms with Gasteiger partial charge in [-0.15, -0.1) is 0 Å². The van der Waals surface area contributed by atoms with E-state index in [4.69, 9.17) is 32.2 Å². The molecule has 3 aromatic carbocycles. The molecule has 6 aromatic rings. The summed E-state index contributed by atoms with van der Waals surface area (Å²) in [5.41, 5.74) is 10.6. The number of phenolic OH excluding ortho intramolecular Hbond substituents is 1. The van der Waals surface area contributed by atoms with Crippen molar-refractivity contribution < 1.29 is 14.6 Å². The number of anilines is 1. The van der Waals surface area contributed by atoms with Gasteiger partial charge in [-0.3, -0.25) is 14.5 Å². The van der Waals surface area contributed by atoms with Crippen LogP contribution in [0.5, 0.6) is 5.75 Å². The van der Waals surface area contributed by atoms with Gasteiger partial charge in [0.2, 0.25) is 5.91 Å². The predicted octanol–water partition coefficient (Wildman–Crippen LogP) is 4.28. The van der Waals surface area contributed by atoms with E-state index >= 15 is 0 Å². The molecule has 0 saturated carbocycles. The maximum absolute atomic E-state index is 13.5. The maximum atomic E-state index is 13.5. The minimum Gasteiger partial charge on any atom is -0.508 e. The molecular formula is C39H38ClN9O4. The Labute approximate surface area is 310 Å². The van der Waals surface area contributed by atoms with E-state index in [0.717, 1.165) is 49.5 Å². The number of aromatic hydroxyl groups is 1. The minimum atomic E-state index is -0.290. The number of ether oxygens (including phenoxy) is 1. The zero-order valence-electron chi connectivity index (χ0n) is 28.9. The summed E-state index contributed by atoms with van der Waals surface area (Å²) in [4.78, 5) is 44.5. The number of morpholine rings is 1. The van der Waals surface area contributed by atoms with Gasteiger partial charge in [-0.05, 0) is 60.0 Å². The van der Waals surface area contributed by atoms with E-state index in [-0.39, 0.29) is 29.6 Å². The molecule has 14 heteroatoms. The van der Waals surface area contributed by atoms with E-state index in [1.54, 1.807) is 47.1 Å². The summed E-state index contributed by atoms with van der Waals surface area (Å²) >= 11 is 6.79. The number of nitrogens with zero attached hydrogens (tertiary/aromatic N) is 6. The van der Waals surface area contributed by atoms with Gasteiger partial charge in [0.25, 0.3) is 5.56 Å². The van der Waals surface area contributed by atoms with Crippen molar-refractivity contribution >= 4 is 45.3 Å². The number of hydrogen-bond acceptors (Lipinski definition) is 10. The Morgan fingerprint density at radius 1 is 1.06 bits per heavy atom. The molecule has 7 rings (SSSR count). The molecule has 1 aliphatic rings. The summed E-state index contributed by atoms with van der Waals surface area (Å²) in [5, 5.41) is 19.2. The minimum absolute atomic E-state index is 0.0109. The van der Waals surface area contributed by atoms with Crippen molar-refractivity contribution in [2.45, 2.75) is 32.2 Å². The molecule has 13 nitrogen and oxygen atoms in total. The van der Waals surface area contributed by atoms with Gasteiger partial charge < -0.3 is 25.9 Å². The van der Waals surface area contributed by atoms with Crippen LogP contribution in [0.4, 0.5) is 5.82 Å². The number of benzene rings is 3. The van der Waals surface area contributed by atoms with E-state index in [1.165, 1.54) is 6.33 Å². The van der Waals surface area contributed by atoms with Crippen LogP contribution in [0.1, 0.15) is 41.8 Å². The first-order valence-corrected chi connectivity index (χ1v) is 17.8. The molecule has 1 saturated heterocycles.